The van der Waals surface area contributed by atoms with Crippen molar-refractivity contribution in [3.63, 3.8) is 0 Å². The monoisotopic (exact) mass is 353 g/mol. The van der Waals surface area contributed by atoms with E-state index >= 15 is 0 Å². The van der Waals surface area contributed by atoms with Crippen molar-refractivity contribution in [2.45, 2.75) is 13.0 Å². The molecule has 0 saturated carbocycles. The zero-order valence-corrected chi connectivity index (χ0v) is 13.6. The van der Waals surface area contributed by atoms with Gasteiger partial charge in [-0.2, -0.15) is 0 Å². The van der Waals surface area contributed by atoms with Crippen molar-refractivity contribution in [2.24, 2.45) is 5.73 Å². The minimum Gasteiger partial charge on any atom is -0.373 e. The molecule has 0 heterocycles. The number of rotatable bonds is 5. The first kappa shape index (κ1) is 17.1. The van der Waals surface area contributed by atoms with Gasteiger partial charge in [-0.25, -0.2) is 0 Å². The van der Waals surface area contributed by atoms with E-state index in [0.29, 0.717) is 10.0 Å². The van der Waals surface area contributed by atoms with Crippen molar-refractivity contribution in [3.05, 3.63) is 67.7 Å². The summed E-state index contributed by atoms with van der Waals surface area (Å²) in [5.74, 6) is -0.728. The molecule has 0 fully saturated rings. The van der Waals surface area contributed by atoms with Gasteiger partial charge in [-0.3, -0.25) is 14.9 Å². The third kappa shape index (κ3) is 3.91. The van der Waals surface area contributed by atoms with Crippen molar-refractivity contribution in [2.75, 3.05) is 5.32 Å². The van der Waals surface area contributed by atoms with E-state index in [1.807, 2.05) is 0 Å². The summed E-state index contributed by atoms with van der Waals surface area (Å²) in [5, 5.41) is 15.2. The normalized spacial score (nSPS) is 11.8. The number of amides is 1. The van der Waals surface area contributed by atoms with Gasteiger partial charge < -0.3 is 11.1 Å². The smallest absolute Gasteiger partial charge is 0.293 e. The highest BCUT2D eigenvalue weighted by molar-refractivity contribution is 6.35. The van der Waals surface area contributed by atoms with Gasteiger partial charge in [0.25, 0.3) is 5.69 Å². The Hall–Kier alpha value is -2.31. The first-order chi connectivity index (χ1) is 10.8. The number of carbonyl (C=O) groups excluding carboxylic acids is 1. The Kier molecular flexibility index (Phi) is 5.08. The van der Waals surface area contributed by atoms with Crippen LogP contribution in [0.4, 0.5) is 11.4 Å². The standard InChI is InChI=1S/C15H13Cl2N3O3/c1-8(11-4-3-10(16)7-12(11)17)19-13-5-2-9(15(18)21)6-14(13)20(22)23/h2-8,19H,1H3,(H2,18,21)/t8-/m0/s1. The van der Waals surface area contributed by atoms with Gasteiger partial charge in [0.05, 0.1) is 11.0 Å². The van der Waals surface area contributed by atoms with Crippen LogP contribution in [0.1, 0.15) is 28.9 Å². The van der Waals surface area contributed by atoms with Crippen LogP contribution < -0.4 is 11.1 Å². The number of halogens is 2. The summed E-state index contributed by atoms with van der Waals surface area (Å²) in [6, 6.07) is 8.73. The topological polar surface area (TPSA) is 98.3 Å². The lowest BCUT2D eigenvalue weighted by Gasteiger charge is -2.17. The zero-order valence-electron chi connectivity index (χ0n) is 12.0. The highest BCUT2D eigenvalue weighted by Crippen LogP contribution is 2.32. The van der Waals surface area contributed by atoms with Crippen LogP contribution in [0.3, 0.4) is 0 Å². The molecule has 6 nitrogen and oxygen atoms in total. The summed E-state index contributed by atoms with van der Waals surface area (Å²) in [5.41, 5.74) is 5.98. The summed E-state index contributed by atoms with van der Waals surface area (Å²) >= 11 is 12.0. The first-order valence-corrected chi connectivity index (χ1v) is 7.35. The number of nitrogens with one attached hydrogen (secondary N) is 1. The zero-order chi connectivity index (χ0) is 17.1. The van der Waals surface area contributed by atoms with Crippen LogP contribution in [0.2, 0.25) is 10.0 Å². The van der Waals surface area contributed by atoms with E-state index in [1.54, 1.807) is 25.1 Å². The molecule has 3 N–H and O–H groups in total. The fraction of sp³-hybridized carbons (Fsp3) is 0.133. The Bertz CT molecular complexity index is 781. The Morgan fingerprint density at radius 3 is 2.52 bits per heavy atom. The van der Waals surface area contributed by atoms with Gasteiger partial charge in [-0.15, -0.1) is 0 Å². The van der Waals surface area contributed by atoms with E-state index in [0.717, 1.165) is 11.6 Å². The van der Waals surface area contributed by atoms with Crippen LogP contribution in [0.25, 0.3) is 0 Å². The number of nitrogens with zero attached hydrogens (tertiary/aromatic N) is 1. The van der Waals surface area contributed by atoms with Crippen molar-refractivity contribution < 1.29 is 9.72 Å². The van der Waals surface area contributed by atoms with Crippen LogP contribution in [-0.4, -0.2) is 10.8 Å². The average molecular weight is 354 g/mol. The molecule has 0 aliphatic carbocycles. The molecule has 1 atom stereocenters. The van der Waals surface area contributed by atoms with Crippen molar-refractivity contribution in [1.29, 1.82) is 0 Å². The van der Waals surface area contributed by atoms with Gasteiger partial charge in [-0.1, -0.05) is 29.3 Å². The molecule has 0 saturated heterocycles. The molecule has 0 spiro atoms. The Balaban J connectivity index is 2.35. The van der Waals surface area contributed by atoms with Crippen molar-refractivity contribution >= 4 is 40.5 Å². The van der Waals surface area contributed by atoms with Crippen LogP contribution in [0.5, 0.6) is 0 Å². The highest BCUT2D eigenvalue weighted by Gasteiger charge is 2.19. The van der Waals surface area contributed by atoms with Crippen molar-refractivity contribution in [3.8, 4) is 0 Å². The molecule has 0 aromatic heterocycles. The minimum atomic E-state index is -0.728. The average Bonchev–Trinajstić information content (AvgIpc) is 2.46. The van der Waals surface area contributed by atoms with Crippen LogP contribution in [-0.2, 0) is 0 Å². The molecule has 0 radical (unpaired) electrons. The molecule has 0 aliphatic heterocycles. The largest absolute Gasteiger partial charge is 0.373 e. The molecule has 1 amide bonds. The second-order valence-corrected chi connectivity index (χ2v) is 5.73. The molecule has 0 unspecified atom stereocenters. The Morgan fingerprint density at radius 1 is 1.26 bits per heavy atom. The number of nitro benzene ring substituents is 1. The Morgan fingerprint density at radius 2 is 1.96 bits per heavy atom. The molecular weight excluding hydrogens is 341 g/mol. The van der Waals surface area contributed by atoms with E-state index in [-0.39, 0.29) is 23.0 Å². The highest BCUT2D eigenvalue weighted by atomic mass is 35.5. The van der Waals surface area contributed by atoms with Crippen molar-refractivity contribution in [1.82, 2.24) is 0 Å². The van der Waals surface area contributed by atoms with Gasteiger partial charge in [0.1, 0.15) is 5.69 Å². The maximum atomic E-state index is 11.2. The number of anilines is 1. The third-order valence-electron chi connectivity index (χ3n) is 3.28. The maximum Gasteiger partial charge on any atom is 0.293 e. The number of hydrogen-bond acceptors (Lipinski definition) is 4. The van der Waals surface area contributed by atoms with Gasteiger partial charge in [0.15, 0.2) is 0 Å². The number of nitrogens with two attached hydrogens (primary N) is 1. The predicted octanol–water partition coefficient (Wildman–Crippen LogP) is 4.17. The second kappa shape index (κ2) is 6.85. The number of hydrogen-bond donors (Lipinski definition) is 2. The molecule has 0 aliphatic rings. The number of carbonyl (C=O) groups is 1. The summed E-state index contributed by atoms with van der Waals surface area (Å²) in [7, 11) is 0. The van der Waals surface area contributed by atoms with E-state index in [1.165, 1.54) is 12.1 Å². The van der Waals surface area contributed by atoms with Gasteiger partial charge in [0.2, 0.25) is 5.91 Å². The molecule has 23 heavy (non-hydrogen) atoms. The fourth-order valence-corrected chi connectivity index (χ4v) is 2.69. The SMILES string of the molecule is C[C@H](Nc1ccc(C(N)=O)cc1[N+](=O)[O-])c1ccc(Cl)cc1Cl. The molecule has 0 bridgehead atoms. The van der Waals surface area contributed by atoms with E-state index in [2.05, 4.69) is 5.32 Å². The third-order valence-corrected chi connectivity index (χ3v) is 3.84. The summed E-state index contributed by atoms with van der Waals surface area (Å²) < 4.78 is 0. The fourth-order valence-electron chi connectivity index (χ4n) is 2.12. The van der Waals surface area contributed by atoms with E-state index in [4.69, 9.17) is 28.9 Å². The molecule has 2 aromatic carbocycles. The Labute approximate surface area is 142 Å². The number of nitro groups is 1. The molecule has 2 aromatic rings. The van der Waals surface area contributed by atoms with Crippen LogP contribution >= 0.6 is 23.2 Å². The van der Waals surface area contributed by atoms with E-state index < -0.39 is 10.8 Å². The minimum absolute atomic E-state index is 0.0689. The van der Waals surface area contributed by atoms with Gasteiger partial charge in [-0.05, 0) is 36.8 Å². The summed E-state index contributed by atoms with van der Waals surface area (Å²) in [4.78, 5) is 21.8. The van der Waals surface area contributed by atoms with Gasteiger partial charge in [0, 0.05) is 21.7 Å². The quantitative estimate of drug-likeness (QED) is 0.622. The molecule has 2 rings (SSSR count). The molecule has 120 valence electrons. The number of primary amides is 1. The molecule has 8 heteroatoms. The summed E-state index contributed by atoms with van der Waals surface area (Å²) in [6.45, 7) is 1.81. The van der Waals surface area contributed by atoms with E-state index in [9.17, 15) is 14.9 Å². The predicted molar refractivity (Wildman–Crippen MR) is 90.1 cm³/mol. The summed E-state index contributed by atoms with van der Waals surface area (Å²) in [6.07, 6.45) is 0. The first-order valence-electron chi connectivity index (χ1n) is 6.59. The van der Waals surface area contributed by atoms with Crippen LogP contribution in [0.15, 0.2) is 36.4 Å². The van der Waals surface area contributed by atoms with Gasteiger partial charge >= 0.3 is 0 Å². The number of benzene rings is 2. The maximum absolute atomic E-state index is 11.2. The molecular formula is C15H13Cl2N3O3. The lowest BCUT2D eigenvalue weighted by Crippen LogP contribution is -2.13. The second-order valence-electron chi connectivity index (χ2n) is 4.89. The lowest BCUT2D eigenvalue weighted by molar-refractivity contribution is -0.384. The lowest BCUT2D eigenvalue weighted by atomic mass is 10.1. The van der Waals surface area contributed by atoms with Crippen LogP contribution in [0, 0.1) is 10.1 Å².